The molecule has 0 radical (unpaired) electrons. The number of alkyl halides is 3. The molecule has 6 nitrogen and oxygen atoms in total. The Morgan fingerprint density at radius 2 is 1.06 bits per heavy atom. The second-order valence-electron chi connectivity index (χ2n) is 11.5. The summed E-state index contributed by atoms with van der Waals surface area (Å²) in [5, 5.41) is 0.0983. The summed E-state index contributed by atoms with van der Waals surface area (Å²) in [6.07, 6.45) is 5.84. The lowest BCUT2D eigenvalue weighted by Gasteiger charge is -2.11. The van der Waals surface area contributed by atoms with Gasteiger partial charge in [0.05, 0.1) is 44.0 Å². The van der Waals surface area contributed by atoms with Gasteiger partial charge in [0, 0.05) is 73.5 Å². The highest BCUT2D eigenvalue weighted by molar-refractivity contribution is 6.31. The standard InChI is InChI=1S/C20H14F3N3.C19H13ClFN3/c1-26-16-6-3-9-25-18(16)17(19(26)13-7-10-24-11-8-13)14-4-2-5-15(12-14)20(21,22)23;1-24-16-3-2-8-23-18(16)17(13-4-5-15(21)14(20)11-13)19(24)12-6-9-22-10-7-12/h2-12H,1H3;2-11H,1H3. The van der Waals surface area contributed by atoms with Crippen molar-refractivity contribution in [1.82, 2.24) is 29.1 Å². The fourth-order valence-corrected chi connectivity index (χ4v) is 6.45. The summed E-state index contributed by atoms with van der Waals surface area (Å²) in [6, 6.07) is 25.3. The maximum absolute atomic E-state index is 13.6. The van der Waals surface area contributed by atoms with Crippen LogP contribution in [-0.4, -0.2) is 29.1 Å². The van der Waals surface area contributed by atoms with Crippen LogP contribution in [0.25, 0.3) is 66.8 Å². The number of hydrogen-bond donors (Lipinski definition) is 0. The fourth-order valence-electron chi connectivity index (χ4n) is 6.27. The molecule has 0 N–H and O–H groups in total. The van der Waals surface area contributed by atoms with Crippen LogP contribution in [0.1, 0.15) is 5.56 Å². The van der Waals surface area contributed by atoms with Crippen molar-refractivity contribution in [3.05, 3.63) is 145 Å². The predicted molar refractivity (Wildman–Crippen MR) is 189 cm³/mol. The van der Waals surface area contributed by atoms with Crippen molar-refractivity contribution in [2.75, 3.05) is 0 Å². The summed E-state index contributed by atoms with van der Waals surface area (Å²) >= 11 is 6.01. The minimum absolute atomic E-state index is 0.0983. The van der Waals surface area contributed by atoms with Crippen LogP contribution in [0.3, 0.4) is 0 Å². The molecule has 0 aliphatic carbocycles. The Balaban J connectivity index is 0.000000157. The molecule has 6 aromatic heterocycles. The van der Waals surface area contributed by atoms with E-state index in [4.69, 9.17) is 11.6 Å². The van der Waals surface area contributed by atoms with Crippen LogP contribution >= 0.6 is 11.6 Å². The SMILES string of the molecule is Cn1c(-c2ccncc2)c(-c2ccc(F)c(Cl)c2)c2ncccc21.Cn1c(-c2ccncc2)c(-c2cccc(C(F)(F)F)c2)c2ncccc21. The van der Waals surface area contributed by atoms with Crippen molar-refractivity contribution in [3.63, 3.8) is 0 Å². The van der Waals surface area contributed by atoms with E-state index in [1.165, 1.54) is 18.2 Å². The number of aryl methyl sites for hydroxylation is 2. The summed E-state index contributed by atoms with van der Waals surface area (Å²) in [5.74, 6) is -0.431. The van der Waals surface area contributed by atoms with E-state index in [0.29, 0.717) is 16.6 Å². The van der Waals surface area contributed by atoms with Crippen molar-refractivity contribution >= 4 is 33.7 Å². The molecular formula is C39H27ClF4N6. The lowest BCUT2D eigenvalue weighted by atomic mass is 9.99. The molecule has 6 heterocycles. The molecule has 0 unspecified atom stereocenters. The summed E-state index contributed by atoms with van der Waals surface area (Å²) in [7, 11) is 3.88. The smallest absolute Gasteiger partial charge is 0.342 e. The molecule has 248 valence electrons. The molecule has 0 aliphatic rings. The van der Waals surface area contributed by atoms with Crippen molar-refractivity contribution in [3.8, 4) is 44.8 Å². The minimum atomic E-state index is -4.40. The predicted octanol–water partition coefficient (Wildman–Crippen LogP) is 10.4. The summed E-state index contributed by atoms with van der Waals surface area (Å²) in [6.45, 7) is 0. The molecule has 0 atom stereocenters. The van der Waals surface area contributed by atoms with Crippen molar-refractivity contribution in [1.29, 1.82) is 0 Å². The highest BCUT2D eigenvalue weighted by Crippen LogP contribution is 2.42. The van der Waals surface area contributed by atoms with E-state index in [2.05, 4.69) is 24.5 Å². The number of rotatable bonds is 4. The van der Waals surface area contributed by atoms with E-state index in [0.717, 1.165) is 56.3 Å². The van der Waals surface area contributed by atoms with Gasteiger partial charge in [-0.15, -0.1) is 0 Å². The van der Waals surface area contributed by atoms with Gasteiger partial charge in [-0.3, -0.25) is 19.9 Å². The van der Waals surface area contributed by atoms with E-state index in [-0.39, 0.29) is 5.02 Å². The second kappa shape index (κ2) is 13.2. The third kappa shape index (κ3) is 5.98. The first-order chi connectivity index (χ1) is 24.1. The number of halogens is 5. The fraction of sp³-hybridized carbons (Fsp3) is 0.0769. The van der Waals surface area contributed by atoms with Gasteiger partial charge in [-0.2, -0.15) is 13.2 Å². The molecule has 0 fully saturated rings. The normalized spacial score (nSPS) is 11.5. The third-order valence-electron chi connectivity index (χ3n) is 8.51. The maximum Gasteiger partial charge on any atom is 0.416 e. The maximum atomic E-state index is 13.6. The average Bonchev–Trinajstić information content (AvgIpc) is 3.61. The molecule has 2 aromatic carbocycles. The van der Waals surface area contributed by atoms with Gasteiger partial charge in [0.25, 0.3) is 0 Å². The Hall–Kier alpha value is -5.87. The van der Waals surface area contributed by atoms with Gasteiger partial charge in [-0.05, 0) is 83.9 Å². The highest BCUT2D eigenvalue weighted by atomic mass is 35.5. The minimum Gasteiger partial charge on any atom is -0.342 e. The first-order valence-electron chi connectivity index (χ1n) is 15.4. The summed E-state index contributed by atoms with van der Waals surface area (Å²) in [4.78, 5) is 17.1. The molecule has 0 bridgehead atoms. The third-order valence-corrected chi connectivity index (χ3v) is 8.80. The molecule has 8 rings (SSSR count). The van der Waals surface area contributed by atoms with E-state index < -0.39 is 17.6 Å². The Labute approximate surface area is 289 Å². The molecule has 0 saturated carbocycles. The first-order valence-corrected chi connectivity index (χ1v) is 15.8. The topological polar surface area (TPSA) is 61.4 Å². The number of nitrogens with zero attached hydrogens (tertiary/aromatic N) is 6. The van der Waals surface area contributed by atoms with Gasteiger partial charge in [0.2, 0.25) is 0 Å². The number of benzene rings is 2. The van der Waals surface area contributed by atoms with Crippen molar-refractivity contribution in [2.24, 2.45) is 14.1 Å². The van der Waals surface area contributed by atoms with Crippen LogP contribution in [0.15, 0.2) is 128 Å². The van der Waals surface area contributed by atoms with Crippen molar-refractivity contribution in [2.45, 2.75) is 6.18 Å². The van der Waals surface area contributed by atoms with E-state index in [9.17, 15) is 17.6 Å². The van der Waals surface area contributed by atoms with Crippen LogP contribution < -0.4 is 0 Å². The Morgan fingerprint density at radius 1 is 0.560 bits per heavy atom. The van der Waals surface area contributed by atoms with E-state index >= 15 is 0 Å². The number of hydrogen-bond acceptors (Lipinski definition) is 4. The van der Waals surface area contributed by atoms with Gasteiger partial charge < -0.3 is 9.13 Å². The highest BCUT2D eigenvalue weighted by Gasteiger charge is 2.31. The zero-order valence-electron chi connectivity index (χ0n) is 26.7. The van der Waals surface area contributed by atoms with Crippen molar-refractivity contribution < 1.29 is 17.6 Å². The summed E-state index contributed by atoms with van der Waals surface area (Å²) in [5.41, 5.74) is 9.31. The molecule has 0 saturated heterocycles. The van der Waals surface area contributed by atoms with Crippen LogP contribution in [0, 0.1) is 5.82 Å². The van der Waals surface area contributed by atoms with Gasteiger partial charge in [0.15, 0.2) is 0 Å². The first kappa shape index (κ1) is 32.7. The van der Waals surface area contributed by atoms with Crippen LogP contribution in [0.2, 0.25) is 5.02 Å². The molecule has 8 aromatic rings. The molecule has 0 spiro atoms. The molecule has 0 aliphatic heterocycles. The van der Waals surface area contributed by atoms with Gasteiger partial charge in [-0.25, -0.2) is 4.39 Å². The lowest BCUT2D eigenvalue weighted by Crippen LogP contribution is -2.04. The second-order valence-corrected chi connectivity index (χ2v) is 11.9. The quantitative estimate of drug-likeness (QED) is 0.173. The molecule has 50 heavy (non-hydrogen) atoms. The Kier molecular flexibility index (Phi) is 8.63. The average molecular weight is 691 g/mol. The summed E-state index contributed by atoms with van der Waals surface area (Å²) < 4.78 is 57.2. The molecular weight excluding hydrogens is 664 g/mol. The zero-order chi connectivity index (χ0) is 35.0. The van der Waals surface area contributed by atoms with E-state index in [1.807, 2.05) is 67.2 Å². The van der Waals surface area contributed by atoms with Crippen LogP contribution in [-0.2, 0) is 20.3 Å². The number of fused-ring (bicyclic) bond motifs is 2. The molecule has 11 heteroatoms. The van der Waals surface area contributed by atoms with Gasteiger partial charge in [0.1, 0.15) is 5.82 Å². The van der Waals surface area contributed by atoms with E-state index in [1.54, 1.807) is 55.4 Å². The largest absolute Gasteiger partial charge is 0.416 e. The van der Waals surface area contributed by atoms with Crippen LogP contribution in [0.5, 0.6) is 0 Å². The number of aromatic nitrogens is 6. The monoisotopic (exact) mass is 690 g/mol. The molecule has 0 amide bonds. The zero-order valence-corrected chi connectivity index (χ0v) is 27.5. The Bertz CT molecular complexity index is 2470. The lowest BCUT2D eigenvalue weighted by molar-refractivity contribution is -0.137. The Morgan fingerprint density at radius 3 is 1.54 bits per heavy atom. The van der Waals surface area contributed by atoms with Gasteiger partial charge in [-0.1, -0.05) is 29.8 Å². The number of pyridine rings is 4. The van der Waals surface area contributed by atoms with Crippen LogP contribution in [0.4, 0.5) is 17.6 Å². The van der Waals surface area contributed by atoms with Gasteiger partial charge >= 0.3 is 6.18 Å².